The van der Waals surface area contributed by atoms with Crippen molar-refractivity contribution in [2.45, 2.75) is 0 Å². The summed E-state index contributed by atoms with van der Waals surface area (Å²) in [5, 5.41) is 0.327. The lowest BCUT2D eigenvalue weighted by Crippen LogP contribution is -2.41. The topological polar surface area (TPSA) is 58.2 Å². The van der Waals surface area contributed by atoms with E-state index in [0.29, 0.717) is 15.5 Å². The van der Waals surface area contributed by atoms with Crippen LogP contribution >= 0.6 is 38.9 Å². The molecule has 19 heavy (non-hydrogen) atoms. The molecule has 4 nitrogen and oxygen atoms in total. The van der Waals surface area contributed by atoms with Crippen molar-refractivity contribution in [2.75, 3.05) is 0 Å². The van der Waals surface area contributed by atoms with Gasteiger partial charge in [-0.2, -0.15) is 0 Å². The number of hydrogen-bond donors (Lipinski definition) is 2. The lowest BCUT2D eigenvalue weighted by Gasteiger charge is -2.07. The first-order valence-electron chi connectivity index (χ1n) is 5.18. The largest absolute Gasteiger partial charge is 0.279 e. The fourth-order valence-corrected chi connectivity index (χ4v) is 2.83. The maximum Gasteiger partial charge on any atom is 0.279 e. The van der Waals surface area contributed by atoms with E-state index < -0.39 is 5.91 Å². The van der Waals surface area contributed by atoms with E-state index in [1.807, 2.05) is 0 Å². The van der Waals surface area contributed by atoms with Gasteiger partial charge in [-0.15, -0.1) is 11.3 Å². The average Bonchev–Trinajstić information content (AvgIpc) is 2.83. The van der Waals surface area contributed by atoms with Gasteiger partial charge in [-0.1, -0.05) is 23.7 Å². The third kappa shape index (κ3) is 3.56. The van der Waals surface area contributed by atoms with Crippen molar-refractivity contribution in [1.82, 2.24) is 10.9 Å². The van der Waals surface area contributed by atoms with Crippen LogP contribution in [-0.2, 0) is 0 Å². The SMILES string of the molecule is O=C(NNC(=O)c1ccccc1Cl)c1ccc(Br)s1. The van der Waals surface area contributed by atoms with Gasteiger partial charge in [0, 0.05) is 0 Å². The molecule has 2 rings (SSSR count). The molecule has 98 valence electrons. The Labute approximate surface area is 126 Å². The van der Waals surface area contributed by atoms with Crippen LogP contribution in [0.5, 0.6) is 0 Å². The zero-order valence-electron chi connectivity index (χ0n) is 9.44. The van der Waals surface area contributed by atoms with Gasteiger partial charge < -0.3 is 0 Å². The number of hydrazine groups is 1. The van der Waals surface area contributed by atoms with Gasteiger partial charge in [0.15, 0.2) is 0 Å². The highest BCUT2D eigenvalue weighted by molar-refractivity contribution is 9.11. The predicted octanol–water partition coefficient (Wildman–Crippen LogP) is 3.24. The van der Waals surface area contributed by atoms with E-state index in [4.69, 9.17) is 11.6 Å². The predicted molar refractivity (Wildman–Crippen MR) is 78.4 cm³/mol. The minimum atomic E-state index is -0.463. The summed E-state index contributed by atoms with van der Waals surface area (Å²) in [7, 11) is 0. The van der Waals surface area contributed by atoms with Crippen molar-refractivity contribution >= 4 is 50.7 Å². The van der Waals surface area contributed by atoms with Crippen LogP contribution in [0.3, 0.4) is 0 Å². The smallest absolute Gasteiger partial charge is 0.267 e. The monoisotopic (exact) mass is 358 g/mol. The summed E-state index contributed by atoms with van der Waals surface area (Å²) in [6, 6.07) is 10.0. The van der Waals surface area contributed by atoms with Crippen LogP contribution in [0.15, 0.2) is 40.2 Å². The van der Waals surface area contributed by atoms with Crippen molar-refractivity contribution in [1.29, 1.82) is 0 Å². The second kappa shape index (κ2) is 6.18. The number of rotatable bonds is 2. The first kappa shape index (κ1) is 14.0. The first-order chi connectivity index (χ1) is 9.08. The van der Waals surface area contributed by atoms with Gasteiger partial charge in [-0.05, 0) is 40.2 Å². The Morgan fingerprint density at radius 2 is 1.74 bits per heavy atom. The minimum Gasteiger partial charge on any atom is -0.267 e. The minimum absolute atomic E-state index is 0.303. The number of benzene rings is 1. The van der Waals surface area contributed by atoms with Crippen molar-refractivity contribution in [3.8, 4) is 0 Å². The highest BCUT2D eigenvalue weighted by atomic mass is 79.9. The van der Waals surface area contributed by atoms with Gasteiger partial charge >= 0.3 is 0 Å². The highest BCUT2D eigenvalue weighted by Crippen LogP contribution is 2.21. The van der Waals surface area contributed by atoms with Crippen molar-refractivity contribution in [3.05, 3.63) is 55.6 Å². The van der Waals surface area contributed by atoms with Crippen LogP contribution in [-0.4, -0.2) is 11.8 Å². The highest BCUT2D eigenvalue weighted by Gasteiger charge is 2.12. The summed E-state index contributed by atoms with van der Waals surface area (Å²) in [5.74, 6) is -0.842. The van der Waals surface area contributed by atoms with E-state index in [9.17, 15) is 9.59 Å². The van der Waals surface area contributed by atoms with Crippen molar-refractivity contribution in [3.63, 3.8) is 0 Å². The molecule has 1 aromatic carbocycles. The third-order valence-corrected chi connectivity index (χ3v) is 4.16. The summed E-state index contributed by atoms with van der Waals surface area (Å²) >= 11 is 10.4. The molecule has 0 spiro atoms. The van der Waals surface area contributed by atoms with Crippen molar-refractivity contribution in [2.24, 2.45) is 0 Å². The van der Waals surface area contributed by atoms with Crippen molar-refractivity contribution < 1.29 is 9.59 Å². The Bertz CT molecular complexity index is 630. The average molecular weight is 360 g/mol. The molecule has 2 N–H and O–H groups in total. The zero-order chi connectivity index (χ0) is 13.8. The second-order valence-electron chi connectivity index (χ2n) is 3.49. The number of nitrogens with one attached hydrogen (secondary N) is 2. The number of hydrogen-bond acceptors (Lipinski definition) is 3. The summed E-state index contributed by atoms with van der Waals surface area (Å²) in [5.41, 5.74) is 4.95. The third-order valence-electron chi connectivity index (χ3n) is 2.21. The second-order valence-corrected chi connectivity index (χ2v) is 6.36. The first-order valence-corrected chi connectivity index (χ1v) is 7.17. The zero-order valence-corrected chi connectivity index (χ0v) is 12.6. The van der Waals surface area contributed by atoms with Crippen LogP contribution in [0.2, 0.25) is 5.02 Å². The van der Waals surface area contributed by atoms with Crippen LogP contribution in [0.25, 0.3) is 0 Å². The molecule has 1 aromatic heterocycles. The summed E-state index contributed by atoms with van der Waals surface area (Å²) in [4.78, 5) is 24.0. The van der Waals surface area contributed by atoms with Gasteiger partial charge in [-0.25, -0.2) is 0 Å². The van der Waals surface area contributed by atoms with E-state index >= 15 is 0 Å². The summed E-state index contributed by atoms with van der Waals surface area (Å²) < 4.78 is 0.843. The van der Waals surface area contributed by atoms with E-state index in [-0.39, 0.29) is 5.91 Å². The Morgan fingerprint density at radius 3 is 2.37 bits per heavy atom. The Morgan fingerprint density at radius 1 is 1.05 bits per heavy atom. The molecule has 0 radical (unpaired) electrons. The van der Waals surface area contributed by atoms with Gasteiger partial charge in [0.1, 0.15) is 0 Å². The number of carbonyl (C=O) groups excluding carboxylic acids is 2. The lowest BCUT2D eigenvalue weighted by atomic mass is 10.2. The molecule has 0 saturated heterocycles. The molecular weight excluding hydrogens is 352 g/mol. The molecule has 0 aliphatic rings. The standard InChI is InChI=1S/C12H8BrClN2O2S/c13-10-6-5-9(19-10)12(18)16-15-11(17)7-3-1-2-4-8(7)14/h1-6H,(H,15,17)(H,16,18). The molecule has 1 heterocycles. The Kier molecular flexibility index (Phi) is 4.57. The molecule has 7 heteroatoms. The molecule has 0 atom stereocenters. The Hall–Kier alpha value is -1.37. The normalized spacial score (nSPS) is 10.0. The quantitative estimate of drug-likeness (QED) is 0.809. The number of amides is 2. The van der Waals surface area contributed by atoms with E-state index in [1.165, 1.54) is 11.3 Å². The van der Waals surface area contributed by atoms with Gasteiger partial charge in [0.25, 0.3) is 11.8 Å². The Balaban J connectivity index is 1.98. The molecule has 2 amide bonds. The number of thiophene rings is 1. The van der Waals surface area contributed by atoms with Crippen LogP contribution in [0, 0.1) is 0 Å². The van der Waals surface area contributed by atoms with Crippen LogP contribution in [0.1, 0.15) is 20.0 Å². The molecule has 0 bridgehead atoms. The van der Waals surface area contributed by atoms with Crippen LogP contribution < -0.4 is 10.9 Å². The fraction of sp³-hybridized carbons (Fsp3) is 0. The maximum atomic E-state index is 11.8. The molecule has 0 aliphatic carbocycles. The molecule has 0 saturated carbocycles. The molecule has 0 unspecified atom stereocenters. The van der Waals surface area contributed by atoms with Crippen LogP contribution in [0.4, 0.5) is 0 Å². The number of carbonyl (C=O) groups is 2. The molecule has 0 aliphatic heterocycles. The van der Waals surface area contributed by atoms with E-state index in [0.717, 1.165) is 3.79 Å². The molecular formula is C12H8BrClN2O2S. The van der Waals surface area contributed by atoms with E-state index in [1.54, 1.807) is 36.4 Å². The summed E-state index contributed by atoms with van der Waals surface area (Å²) in [6.45, 7) is 0. The summed E-state index contributed by atoms with van der Waals surface area (Å²) in [6.07, 6.45) is 0. The fourth-order valence-electron chi connectivity index (χ4n) is 1.32. The van der Waals surface area contributed by atoms with Gasteiger partial charge in [0.2, 0.25) is 0 Å². The number of halogens is 2. The maximum absolute atomic E-state index is 11.8. The lowest BCUT2D eigenvalue weighted by molar-refractivity contribution is 0.0849. The molecule has 0 fully saturated rings. The van der Waals surface area contributed by atoms with Gasteiger partial charge in [-0.3, -0.25) is 20.4 Å². The molecule has 2 aromatic rings. The van der Waals surface area contributed by atoms with Gasteiger partial charge in [0.05, 0.1) is 19.2 Å². The van der Waals surface area contributed by atoms with E-state index in [2.05, 4.69) is 26.8 Å².